The predicted octanol–water partition coefficient (Wildman–Crippen LogP) is 3.12. The summed E-state index contributed by atoms with van der Waals surface area (Å²) in [7, 11) is -1.98. The number of benzene rings is 2. The maximum Gasteiger partial charge on any atom is 0.338 e. The quantitative estimate of drug-likeness (QED) is 0.690. The number of rotatable bonds is 4. The number of fused-ring (bicyclic) bond motifs is 2. The van der Waals surface area contributed by atoms with E-state index in [2.05, 4.69) is 0 Å². The number of Topliss-reactive ketones (excluding diaryl/α,β-unsaturated/α-hetero) is 1. The van der Waals surface area contributed by atoms with Crippen molar-refractivity contribution in [1.29, 1.82) is 0 Å². The van der Waals surface area contributed by atoms with Gasteiger partial charge in [-0.05, 0) is 48.2 Å². The van der Waals surface area contributed by atoms with E-state index in [1.54, 1.807) is 6.07 Å². The van der Waals surface area contributed by atoms with Crippen LogP contribution in [-0.4, -0.2) is 34.3 Å². The normalized spacial score (nSPS) is 16.9. The van der Waals surface area contributed by atoms with Crippen molar-refractivity contribution in [2.24, 2.45) is 0 Å². The van der Waals surface area contributed by atoms with Crippen molar-refractivity contribution < 1.29 is 31.5 Å². The molecule has 0 bridgehead atoms. The monoisotopic (exact) mass is 435 g/mol. The van der Waals surface area contributed by atoms with Crippen molar-refractivity contribution in [2.75, 3.05) is 18.5 Å². The highest BCUT2D eigenvalue weighted by molar-refractivity contribution is 7.92. The molecule has 0 saturated heterocycles. The number of methoxy groups -OCH3 is 1. The molecule has 0 radical (unpaired) electrons. The van der Waals surface area contributed by atoms with E-state index in [9.17, 15) is 26.8 Å². The summed E-state index contributed by atoms with van der Waals surface area (Å²) in [6, 6.07) is 5.10. The molecule has 0 unspecified atom stereocenters. The van der Waals surface area contributed by atoms with E-state index < -0.39 is 37.9 Å². The molecule has 1 fully saturated rings. The fourth-order valence-corrected chi connectivity index (χ4v) is 5.50. The summed E-state index contributed by atoms with van der Waals surface area (Å²) in [5.74, 6) is -2.80. The van der Waals surface area contributed by atoms with E-state index in [0.29, 0.717) is 30.0 Å². The summed E-state index contributed by atoms with van der Waals surface area (Å²) >= 11 is 0. The van der Waals surface area contributed by atoms with E-state index in [0.717, 1.165) is 22.9 Å². The van der Waals surface area contributed by atoms with Crippen LogP contribution in [0.25, 0.3) is 0 Å². The molecule has 30 heavy (non-hydrogen) atoms. The van der Waals surface area contributed by atoms with E-state index in [1.165, 1.54) is 20.2 Å². The number of sulfonamides is 1. The number of hydrogen-bond acceptors (Lipinski definition) is 5. The van der Waals surface area contributed by atoms with E-state index in [4.69, 9.17) is 4.74 Å². The highest BCUT2D eigenvalue weighted by Gasteiger charge is 2.51. The van der Waals surface area contributed by atoms with Gasteiger partial charge in [0.15, 0.2) is 0 Å². The molecule has 4 rings (SSSR count). The number of ether oxygens (including phenoxy) is 1. The highest BCUT2D eigenvalue weighted by atomic mass is 32.2. The first kappa shape index (κ1) is 20.5. The minimum Gasteiger partial charge on any atom is -0.465 e. The van der Waals surface area contributed by atoms with Crippen LogP contribution in [0.5, 0.6) is 0 Å². The maximum absolute atomic E-state index is 14.2. The van der Waals surface area contributed by atoms with Crippen LogP contribution in [0.1, 0.15) is 40.7 Å². The minimum absolute atomic E-state index is 0.00106. The summed E-state index contributed by atoms with van der Waals surface area (Å²) in [4.78, 5) is 24.4. The Labute approximate surface area is 172 Å². The molecule has 2 aliphatic carbocycles. The highest BCUT2D eigenvalue weighted by Crippen LogP contribution is 2.52. The average Bonchev–Trinajstić information content (AvgIpc) is 2.97. The number of esters is 1. The average molecular weight is 435 g/mol. The topological polar surface area (TPSA) is 80.8 Å². The van der Waals surface area contributed by atoms with Gasteiger partial charge in [-0.1, -0.05) is 6.42 Å². The van der Waals surface area contributed by atoms with Crippen LogP contribution >= 0.6 is 0 Å². The predicted molar refractivity (Wildman–Crippen MR) is 104 cm³/mol. The molecular weight excluding hydrogens is 416 g/mol. The van der Waals surface area contributed by atoms with Crippen molar-refractivity contribution in [3.05, 3.63) is 58.7 Å². The Kier molecular flexibility index (Phi) is 4.68. The maximum atomic E-state index is 14.2. The molecule has 0 amide bonds. The van der Waals surface area contributed by atoms with Gasteiger partial charge in [0.05, 0.1) is 23.8 Å². The Balaban J connectivity index is 1.87. The Bertz CT molecular complexity index is 1190. The van der Waals surface area contributed by atoms with Gasteiger partial charge in [0.1, 0.15) is 22.3 Å². The summed E-state index contributed by atoms with van der Waals surface area (Å²) in [5.41, 5.74) is 0.676. The molecule has 9 heteroatoms. The van der Waals surface area contributed by atoms with E-state index in [1.807, 2.05) is 0 Å². The summed E-state index contributed by atoms with van der Waals surface area (Å²) in [6.45, 7) is 0. The number of nitrogens with zero attached hydrogens (tertiary/aromatic N) is 1. The van der Waals surface area contributed by atoms with Gasteiger partial charge in [0.2, 0.25) is 0 Å². The molecular formula is C21H19F2NO5S. The molecule has 0 heterocycles. The molecule has 1 spiro atoms. The van der Waals surface area contributed by atoms with Crippen molar-refractivity contribution in [3.8, 4) is 0 Å². The summed E-state index contributed by atoms with van der Waals surface area (Å²) in [6.07, 6.45) is 2.21. The first-order valence-electron chi connectivity index (χ1n) is 9.35. The minimum atomic E-state index is -4.39. The number of hydrogen-bond donors (Lipinski definition) is 0. The van der Waals surface area contributed by atoms with Crippen LogP contribution in [0.3, 0.4) is 0 Å². The molecule has 1 saturated carbocycles. The van der Waals surface area contributed by atoms with Crippen LogP contribution < -0.4 is 4.31 Å². The van der Waals surface area contributed by atoms with Crippen LogP contribution in [0.15, 0.2) is 35.2 Å². The molecule has 2 aliphatic rings. The van der Waals surface area contributed by atoms with Crippen LogP contribution in [0, 0.1) is 11.6 Å². The summed E-state index contributed by atoms with van der Waals surface area (Å²) < 4.78 is 59.1. The molecule has 158 valence electrons. The molecule has 2 aromatic rings. The fourth-order valence-electron chi connectivity index (χ4n) is 4.28. The van der Waals surface area contributed by atoms with Crippen LogP contribution in [0.2, 0.25) is 0 Å². The lowest BCUT2D eigenvalue weighted by Gasteiger charge is -2.38. The smallest absolute Gasteiger partial charge is 0.338 e. The second kappa shape index (κ2) is 6.87. The van der Waals surface area contributed by atoms with Gasteiger partial charge in [-0.2, -0.15) is 0 Å². The first-order valence-corrected chi connectivity index (χ1v) is 10.8. The number of ketones is 1. The van der Waals surface area contributed by atoms with Gasteiger partial charge in [-0.3, -0.25) is 9.10 Å². The Morgan fingerprint density at radius 2 is 1.87 bits per heavy atom. The van der Waals surface area contributed by atoms with Crippen molar-refractivity contribution in [3.63, 3.8) is 0 Å². The summed E-state index contributed by atoms with van der Waals surface area (Å²) in [5, 5.41) is 0. The lowest BCUT2D eigenvalue weighted by Crippen LogP contribution is -2.39. The van der Waals surface area contributed by atoms with Crippen LogP contribution in [0.4, 0.5) is 14.5 Å². The van der Waals surface area contributed by atoms with Gasteiger partial charge >= 0.3 is 5.97 Å². The van der Waals surface area contributed by atoms with Crippen molar-refractivity contribution in [2.45, 2.75) is 36.0 Å². The van der Waals surface area contributed by atoms with Gasteiger partial charge < -0.3 is 4.74 Å². The van der Waals surface area contributed by atoms with Crippen LogP contribution in [-0.2, 0) is 31.4 Å². The Hall–Kier alpha value is -2.81. The first-order chi connectivity index (χ1) is 14.1. The fraction of sp³-hybridized carbons (Fsp3) is 0.333. The Morgan fingerprint density at radius 3 is 2.43 bits per heavy atom. The van der Waals surface area contributed by atoms with E-state index >= 15 is 0 Å². The molecule has 2 aromatic carbocycles. The molecule has 6 nitrogen and oxygen atoms in total. The van der Waals surface area contributed by atoms with Gasteiger partial charge in [-0.15, -0.1) is 0 Å². The van der Waals surface area contributed by atoms with Crippen molar-refractivity contribution >= 4 is 27.5 Å². The lowest BCUT2D eigenvalue weighted by molar-refractivity contribution is -0.125. The molecule has 0 aromatic heterocycles. The second-order valence-electron chi connectivity index (χ2n) is 7.59. The second-order valence-corrected chi connectivity index (χ2v) is 9.53. The number of halogens is 2. The van der Waals surface area contributed by atoms with Gasteiger partial charge in [0.25, 0.3) is 10.0 Å². The standard InChI is InChI=1S/C21H19F2NO5S/c1-24(30(27,28)18-5-4-12(22)8-17(18)23)13-9-15(20(26)29-2)14-11-19(25)21(6-3-7-21)16(14)10-13/h4-5,8-10H,3,6-7,11H2,1-2H3. The molecule has 0 N–H and O–H groups in total. The lowest BCUT2D eigenvalue weighted by atomic mass is 9.64. The Morgan fingerprint density at radius 1 is 1.17 bits per heavy atom. The number of carbonyl (C=O) groups is 2. The van der Waals surface area contributed by atoms with Gasteiger partial charge in [-0.25, -0.2) is 22.0 Å². The number of carbonyl (C=O) groups excluding carboxylic acids is 2. The van der Waals surface area contributed by atoms with Crippen molar-refractivity contribution in [1.82, 2.24) is 0 Å². The zero-order chi connectivity index (χ0) is 21.8. The number of anilines is 1. The molecule has 0 aliphatic heterocycles. The third-order valence-corrected chi connectivity index (χ3v) is 7.95. The zero-order valence-corrected chi connectivity index (χ0v) is 17.2. The largest absolute Gasteiger partial charge is 0.465 e. The third kappa shape index (κ3) is 2.83. The zero-order valence-electron chi connectivity index (χ0n) is 16.4. The molecule has 0 atom stereocenters. The third-order valence-electron chi connectivity index (χ3n) is 6.13. The SMILES string of the molecule is COC(=O)c1cc(N(C)S(=O)(=O)c2ccc(F)cc2F)cc2c1CC(=O)C21CCC1. The van der Waals surface area contributed by atoms with E-state index in [-0.39, 0.29) is 23.5 Å². The van der Waals surface area contributed by atoms with Gasteiger partial charge in [0, 0.05) is 19.5 Å².